The Hall–Kier alpha value is -3.32. The number of hydrogen-bond acceptors (Lipinski definition) is 6. The molecule has 0 unspecified atom stereocenters. The van der Waals surface area contributed by atoms with E-state index < -0.39 is 5.91 Å². The first-order chi connectivity index (χ1) is 14.5. The molecule has 1 amide bonds. The summed E-state index contributed by atoms with van der Waals surface area (Å²) in [5.74, 6) is 2.56. The summed E-state index contributed by atoms with van der Waals surface area (Å²) in [6.45, 7) is 0. The second-order valence-corrected chi connectivity index (χ2v) is 6.67. The first-order valence-electron chi connectivity index (χ1n) is 9.01. The highest BCUT2D eigenvalue weighted by Crippen LogP contribution is 2.36. The molecular weight excluding hydrogens is 410 g/mol. The van der Waals surface area contributed by atoms with Crippen molar-refractivity contribution in [3.8, 4) is 23.0 Å². The molecule has 3 aromatic rings. The Morgan fingerprint density at radius 1 is 0.900 bits per heavy atom. The van der Waals surface area contributed by atoms with E-state index in [1.54, 1.807) is 38.5 Å². The molecule has 158 valence electrons. The minimum atomic E-state index is -0.429. The van der Waals surface area contributed by atoms with Crippen LogP contribution in [0.1, 0.15) is 21.9 Å². The minimum absolute atomic E-state index is 0.155. The molecule has 0 aliphatic rings. The van der Waals surface area contributed by atoms with Crippen LogP contribution in [0.2, 0.25) is 5.02 Å². The van der Waals surface area contributed by atoms with Crippen molar-refractivity contribution in [2.75, 3.05) is 33.8 Å². The van der Waals surface area contributed by atoms with Gasteiger partial charge < -0.3 is 28.7 Å². The molecule has 1 N–H and O–H groups in total. The fourth-order valence-corrected chi connectivity index (χ4v) is 3.18. The van der Waals surface area contributed by atoms with Gasteiger partial charge in [-0.25, -0.2) is 0 Å². The van der Waals surface area contributed by atoms with Gasteiger partial charge >= 0.3 is 0 Å². The van der Waals surface area contributed by atoms with Gasteiger partial charge in [-0.05, 0) is 30.3 Å². The highest BCUT2D eigenvalue weighted by Gasteiger charge is 2.17. The van der Waals surface area contributed by atoms with Crippen molar-refractivity contribution in [3.63, 3.8) is 0 Å². The van der Waals surface area contributed by atoms with Gasteiger partial charge in [0.2, 0.25) is 0 Å². The molecule has 8 heteroatoms. The van der Waals surface area contributed by atoms with E-state index in [4.69, 9.17) is 35.0 Å². The minimum Gasteiger partial charge on any atom is -0.497 e. The van der Waals surface area contributed by atoms with E-state index in [1.807, 2.05) is 18.2 Å². The van der Waals surface area contributed by atoms with Crippen LogP contribution >= 0.6 is 11.6 Å². The number of amides is 1. The molecule has 2 aromatic carbocycles. The highest BCUT2D eigenvalue weighted by atomic mass is 35.5. The normalized spacial score (nSPS) is 10.4. The van der Waals surface area contributed by atoms with E-state index in [-0.39, 0.29) is 5.76 Å². The molecule has 0 spiro atoms. The van der Waals surface area contributed by atoms with Crippen LogP contribution in [0.5, 0.6) is 23.0 Å². The zero-order chi connectivity index (χ0) is 21.7. The van der Waals surface area contributed by atoms with Crippen LogP contribution in [0.3, 0.4) is 0 Å². The zero-order valence-electron chi connectivity index (χ0n) is 17.1. The van der Waals surface area contributed by atoms with E-state index >= 15 is 0 Å². The number of benzene rings is 2. The van der Waals surface area contributed by atoms with Gasteiger partial charge in [0.25, 0.3) is 5.91 Å². The van der Waals surface area contributed by atoms with Gasteiger partial charge in [-0.15, -0.1) is 0 Å². The summed E-state index contributed by atoms with van der Waals surface area (Å²) in [5, 5.41) is 3.13. The quantitative estimate of drug-likeness (QED) is 0.551. The van der Waals surface area contributed by atoms with Crippen LogP contribution < -0.4 is 24.3 Å². The lowest BCUT2D eigenvalue weighted by atomic mass is 10.1. The summed E-state index contributed by atoms with van der Waals surface area (Å²) in [7, 11) is 6.17. The average Bonchev–Trinajstić information content (AvgIpc) is 3.23. The molecule has 7 nitrogen and oxygen atoms in total. The lowest BCUT2D eigenvalue weighted by Gasteiger charge is -2.12. The van der Waals surface area contributed by atoms with Gasteiger partial charge in [-0.1, -0.05) is 11.6 Å². The third-order valence-corrected chi connectivity index (χ3v) is 4.76. The number of hydrogen-bond donors (Lipinski definition) is 1. The maximum Gasteiger partial charge on any atom is 0.291 e. The van der Waals surface area contributed by atoms with Gasteiger partial charge in [-0.3, -0.25) is 4.79 Å². The van der Waals surface area contributed by atoms with E-state index in [2.05, 4.69) is 5.32 Å². The summed E-state index contributed by atoms with van der Waals surface area (Å²) in [6, 6.07) is 12.0. The Balaban J connectivity index is 1.79. The summed E-state index contributed by atoms with van der Waals surface area (Å²) in [5.41, 5.74) is 1.29. The van der Waals surface area contributed by atoms with Crippen molar-refractivity contribution < 1.29 is 28.2 Å². The number of carbonyl (C=O) groups excluding carboxylic acids is 1. The number of methoxy groups -OCH3 is 4. The standard InChI is InChI=1S/C22H22ClNO6/c1-26-14-5-7-18(27-2)13(9-14)10-15-6-8-19(30-15)22(25)24-17-12-20(28-3)16(23)11-21(17)29-4/h5-9,11-12H,10H2,1-4H3,(H,24,25). The molecule has 1 aromatic heterocycles. The van der Waals surface area contributed by atoms with E-state index in [9.17, 15) is 4.79 Å². The van der Waals surface area contributed by atoms with Crippen molar-refractivity contribution in [3.05, 3.63) is 64.6 Å². The summed E-state index contributed by atoms with van der Waals surface area (Å²) in [6.07, 6.45) is 0.436. The van der Waals surface area contributed by atoms with Crippen molar-refractivity contribution in [1.29, 1.82) is 0 Å². The summed E-state index contributed by atoms with van der Waals surface area (Å²) >= 11 is 6.11. The van der Waals surface area contributed by atoms with Crippen LogP contribution in [0.4, 0.5) is 5.69 Å². The van der Waals surface area contributed by atoms with Crippen LogP contribution in [0, 0.1) is 0 Å². The maximum absolute atomic E-state index is 12.7. The second kappa shape index (κ2) is 9.45. The van der Waals surface area contributed by atoms with Crippen molar-refractivity contribution in [1.82, 2.24) is 0 Å². The molecule has 30 heavy (non-hydrogen) atoms. The molecule has 0 radical (unpaired) electrons. The number of carbonyl (C=O) groups is 1. The number of furan rings is 1. The van der Waals surface area contributed by atoms with Crippen molar-refractivity contribution in [2.45, 2.75) is 6.42 Å². The molecule has 0 atom stereocenters. The van der Waals surface area contributed by atoms with Crippen LogP contribution in [-0.4, -0.2) is 34.3 Å². The first kappa shape index (κ1) is 21.4. The highest BCUT2D eigenvalue weighted by molar-refractivity contribution is 6.32. The van der Waals surface area contributed by atoms with Gasteiger partial charge in [0, 0.05) is 24.1 Å². The monoisotopic (exact) mass is 431 g/mol. The van der Waals surface area contributed by atoms with E-state index in [1.165, 1.54) is 14.2 Å². The third-order valence-electron chi connectivity index (χ3n) is 4.46. The van der Waals surface area contributed by atoms with Gasteiger partial charge in [-0.2, -0.15) is 0 Å². The lowest BCUT2D eigenvalue weighted by Crippen LogP contribution is -2.12. The molecule has 0 saturated heterocycles. The average molecular weight is 432 g/mol. The Labute approximate surface area is 179 Å². The molecule has 0 saturated carbocycles. The first-order valence-corrected chi connectivity index (χ1v) is 9.39. The second-order valence-electron chi connectivity index (χ2n) is 6.26. The Kier molecular flexibility index (Phi) is 6.74. The predicted molar refractivity (Wildman–Crippen MR) is 114 cm³/mol. The van der Waals surface area contributed by atoms with Crippen molar-refractivity contribution in [2.24, 2.45) is 0 Å². The molecule has 0 aliphatic carbocycles. The van der Waals surface area contributed by atoms with Crippen LogP contribution in [0.15, 0.2) is 46.9 Å². The summed E-state index contributed by atoms with van der Waals surface area (Å²) < 4.78 is 26.9. The van der Waals surface area contributed by atoms with Gasteiger partial charge in [0.05, 0.1) is 39.1 Å². The zero-order valence-corrected chi connectivity index (χ0v) is 17.8. The van der Waals surface area contributed by atoms with Crippen molar-refractivity contribution >= 4 is 23.2 Å². The number of ether oxygens (including phenoxy) is 4. The fourth-order valence-electron chi connectivity index (χ4n) is 2.94. The predicted octanol–water partition coefficient (Wildman–Crippen LogP) is 4.81. The van der Waals surface area contributed by atoms with E-state index in [0.29, 0.717) is 45.9 Å². The summed E-state index contributed by atoms with van der Waals surface area (Å²) in [4.78, 5) is 12.7. The number of anilines is 1. The molecule has 3 rings (SSSR count). The number of halogens is 1. The largest absolute Gasteiger partial charge is 0.497 e. The SMILES string of the molecule is COc1ccc(OC)c(Cc2ccc(C(=O)Nc3cc(OC)c(Cl)cc3OC)o2)c1. The smallest absolute Gasteiger partial charge is 0.291 e. The maximum atomic E-state index is 12.7. The third kappa shape index (κ3) is 4.63. The van der Waals surface area contributed by atoms with Gasteiger partial charge in [0.15, 0.2) is 5.76 Å². The topological polar surface area (TPSA) is 79.2 Å². The van der Waals surface area contributed by atoms with Crippen LogP contribution in [0.25, 0.3) is 0 Å². The Morgan fingerprint density at radius 2 is 1.63 bits per heavy atom. The molecule has 1 heterocycles. The van der Waals surface area contributed by atoms with Gasteiger partial charge in [0.1, 0.15) is 28.8 Å². The lowest BCUT2D eigenvalue weighted by molar-refractivity contribution is 0.0994. The van der Waals surface area contributed by atoms with Crippen LogP contribution in [-0.2, 0) is 6.42 Å². The molecule has 0 aliphatic heterocycles. The molecule has 0 bridgehead atoms. The Bertz CT molecular complexity index is 1050. The van der Waals surface area contributed by atoms with E-state index in [0.717, 1.165) is 5.56 Å². The number of rotatable bonds is 8. The Morgan fingerprint density at radius 3 is 2.30 bits per heavy atom. The fraction of sp³-hybridized carbons (Fsp3) is 0.227. The molecular formula is C22H22ClNO6. The number of nitrogens with one attached hydrogen (secondary N) is 1. The molecule has 0 fully saturated rings.